The zero-order valence-electron chi connectivity index (χ0n) is 10.2. The van der Waals surface area contributed by atoms with Crippen molar-refractivity contribution in [3.8, 4) is 0 Å². The molecule has 0 saturated carbocycles. The molecule has 0 spiro atoms. The van der Waals surface area contributed by atoms with Crippen LogP contribution in [0.15, 0.2) is 0 Å². The van der Waals surface area contributed by atoms with Gasteiger partial charge in [-0.2, -0.15) is 0 Å². The van der Waals surface area contributed by atoms with Crippen molar-refractivity contribution in [2.75, 3.05) is 46.8 Å². The third-order valence-electron chi connectivity index (χ3n) is 3.81. The van der Waals surface area contributed by atoms with Gasteiger partial charge in [-0.25, -0.2) is 0 Å². The summed E-state index contributed by atoms with van der Waals surface area (Å²) >= 11 is 0. The highest BCUT2D eigenvalue weighted by Crippen LogP contribution is 2.15. The van der Waals surface area contributed by atoms with Crippen LogP contribution < -0.4 is 5.32 Å². The van der Waals surface area contributed by atoms with E-state index >= 15 is 0 Å². The summed E-state index contributed by atoms with van der Waals surface area (Å²) in [5.74, 6) is 0.884. The third kappa shape index (κ3) is 3.44. The Morgan fingerprint density at radius 2 is 1.87 bits per heavy atom. The molecule has 2 atom stereocenters. The molecule has 1 N–H and O–H groups in total. The lowest BCUT2D eigenvalue weighted by atomic mass is 9.98. The average molecular weight is 211 g/mol. The minimum Gasteiger partial charge on any atom is -0.312 e. The Morgan fingerprint density at radius 3 is 2.53 bits per heavy atom. The topological polar surface area (TPSA) is 18.5 Å². The largest absolute Gasteiger partial charge is 0.312 e. The van der Waals surface area contributed by atoms with Crippen LogP contribution in [0.2, 0.25) is 0 Å². The molecular weight excluding hydrogens is 186 g/mol. The van der Waals surface area contributed by atoms with Gasteiger partial charge in [-0.3, -0.25) is 0 Å². The molecule has 2 aliphatic heterocycles. The molecule has 0 bridgehead atoms. The highest BCUT2D eigenvalue weighted by molar-refractivity contribution is 4.81. The van der Waals surface area contributed by atoms with E-state index in [2.05, 4.69) is 29.2 Å². The summed E-state index contributed by atoms with van der Waals surface area (Å²) in [7, 11) is 4.46. The van der Waals surface area contributed by atoms with Gasteiger partial charge >= 0.3 is 0 Å². The molecule has 2 rings (SSSR count). The van der Waals surface area contributed by atoms with Crippen LogP contribution in [0.5, 0.6) is 0 Å². The SMILES string of the molecule is CN1CCCC(CNC2CCN(C)C2)C1. The van der Waals surface area contributed by atoms with Crippen LogP contribution in [-0.4, -0.2) is 62.7 Å². The molecule has 88 valence electrons. The molecule has 3 nitrogen and oxygen atoms in total. The fraction of sp³-hybridized carbons (Fsp3) is 1.00. The lowest BCUT2D eigenvalue weighted by Crippen LogP contribution is -2.41. The van der Waals surface area contributed by atoms with Crippen LogP contribution >= 0.6 is 0 Å². The Labute approximate surface area is 93.8 Å². The lowest BCUT2D eigenvalue weighted by molar-refractivity contribution is 0.202. The number of hydrogen-bond donors (Lipinski definition) is 1. The summed E-state index contributed by atoms with van der Waals surface area (Å²) < 4.78 is 0. The number of nitrogens with one attached hydrogen (secondary N) is 1. The van der Waals surface area contributed by atoms with Crippen molar-refractivity contribution in [1.29, 1.82) is 0 Å². The monoisotopic (exact) mass is 211 g/mol. The summed E-state index contributed by atoms with van der Waals surface area (Å²) in [6, 6.07) is 0.752. The Kier molecular flexibility index (Phi) is 4.00. The van der Waals surface area contributed by atoms with Crippen LogP contribution in [0.25, 0.3) is 0 Å². The second-order valence-electron chi connectivity index (χ2n) is 5.43. The smallest absolute Gasteiger partial charge is 0.0207 e. The fourth-order valence-electron chi connectivity index (χ4n) is 2.87. The molecule has 0 aromatic rings. The molecule has 2 unspecified atom stereocenters. The van der Waals surface area contributed by atoms with E-state index in [0.29, 0.717) is 0 Å². The van der Waals surface area contributed by atoms with E-state index in [-0.39, 0.29) is 0 Å². The quantitative estimate of drug-likeness (QED) is 0.738. The van der Waals surface area contributed by atoms with Gasteiger partial charge in [0.2, 0.25) is 0 Å². The highest BCUT2D eigenvalue weighted by atomic mass is 15.2. The predicted octanol–water partition coefficient (Wildman–Crippen LogP) is 0.622. The maximum Gasteiger partial charge on any atom is 0.0207 e. The van der Waals surface area contributed by atoms with Gasteiger partial charge in [0.1, 0.15) is 0 Å². The standard InChI is InChI=1S/C12H25N3/c1-14-6-3-4-11(9-14)8-13-12-5-7-15(2)10-12/h11-13H,3-10H2,1-2H3. The molecule has 3 heteroatoms. The van der Waals surface area contributed by atoms with Crippen molar-refractivity contribution in [2.45, 2.75) is 25.3 Å². The average Bonchev–Trinajstić information content (AvgIpc) is 2.62. The maximum atomic E-state index is 3.73. The van der Waals surface area contributed by atoms with Crippen molar-refractivity contribution in [3.63, 3.8) is 0 Å². The van der Waals surface area contributed by atoms with Crippen molar-refractivity contribution in [2.24, 2.45) is 5.92 Å². The molecule has 0 aliphatic carbocycles. The van der Waals surface area contributed by atoms with E-state index in [1.54, 1.807) is 0 Å². The Balaban J connectivity index is 1.64. The lowest BCUT2D eigenvalue weighted by Gasteiger charge is -2.30. The molecule has 2 aliphatic rings. The van der Waals surface area contributed by atoms with E-state index in [4.69, 9.17) is 0 Å². The summed E-state index contributed by atoms with van der Waals surface area (Å²) in [5.41, 5.74) is 0. The molecule has 15 heavy (non-hydrogen) atoms. The second-order valence-corrected chi connectivity index (χ2v) is 5.43. The first-order valence-electron chi connectivity index (χ1n) is 6.34. The normalized spacial score (nSPS) is 34.8. The zero-order valence-corrected chi connectivity index (χ0v) is 10.2. The summed E-state index contributed by atoms with van der Waals surface area (Å²) in [4.78, 5) is 4.89. The zero-order chi connectivity index (χ0) is 10.7. The first-order chi connectivity index (χ1) is 7.24. The molecule has 2 saturated heterocycles. The Bertz CT molecular complexity index is 195. The highest BCUT2D eigenvalue weighted by Gasteiger charge is 2.21. The number of likely N-dealkylation sites (tertiary alicyclic amines) is 2. The second kappa shape index (κ2) is 5.28. The Morgan fingerprint density at radius 1 is 1.07 bits per heavy atom. The molecule has 0 radical (unpaired) electrons. The number of rotatable bonds is 3. The Hall–Kier alpha value is -0.120. The van der Waals surface area contributed by atoms with Crippen LogP contribution in [0.1, 0.15) is 19.3 Å². The van der Waals surface area contributed by atoms with Gasteiger partial charge in [0.15, 0.2) is 0 Å². The molecule has 0 aromatic heterocycles. The first kappa shape index (κ1) is 11.4. The van der Waals surface area contributed by atoms with Gasteiger partial charge in [0.25, 0.3) is 0 Å². The molecule has 2 heterocycles. The first-order valence-corrected chi connectivity index (χ1v) is 6.34. The predicted molar refractivity (Wildman–Crippen MR) is 64.1 cm³/mol. The summed E-state index contributed by atoms with van der Waals surface area (Å²) in [6.45, 7) is 6.31. The minimum atomic E-state index is 0.752. The van der Waals surface area contributed by atoms with Crippen LogP contribution in [-0.2, 0) is 0 Å². The molecule has 2 fully saturated rings. The van der Waals surface area contributed by atoms with Gasteiger partial charge in [0.05, 0.1) is 0 Å². The van der Waals surface area contributed by atoms with Crippen molar-refractivity contribution in [1.82, 2.24) is 15.1 Å². The van der Waals surface area contributed by atoms with E-state index in [9.17, 15) is 0 Å². The van der Waals surface area contributed by atoms with E-state index in [0.717, 1.165) is 12.0 Å². The van der Waals surface area contributed by atoms with E-state index < -0.39 is 0 Å². The number of nitrogens with zero attached hydrogens (tertiary/aromatic N) is 2. The van der Waals surface area contributed by atoms with Crippen LogP contribution in [0.4, 0.5) is 0 Å². The van der Waals surface area contributed by atoms with Crippen molar-refractivity contribution in [3.05, 3.63) is 0 Å². The molecule has 0 aromatic carbocycles. The fourth-order valence-corrected chi connectivity index (χ4v) is 2.87. The molecule has 0 amide bonds. The van der Waals surface area contributed by atoms with E-state index in [1.165, 1.54) is 52.0 Å². The number of hydrogen-bond acceptors (Lipinski definition) is 3. The van der Waals surface area contributed by atoms with Gasteiger partial charge in [0, 0.05) is 19.1 Å². The van der Waals surface area contributed by atoms with Crippen LogP contribution in [0.3, 0.4) is 0 Å². The van der Waals surface area contributed by atoms with Gasteiger partial charge in [-0.1, -0.05) is 0 Å². The minimum absolute atomic E-state index is 0.752. The van der Waals surface area contributed by atoms with Gasteiger partial charge < -0.3 is 15.1 Å². The third-order valence-corrected chi connectivity index (χ3v) is 3.81. The summed E-state index contributed by atoms with van der Waals surface area (Å²) in [6.07, 6.45) is 4.13. The number of likely N-dealkylation sites (N-methyl/N-ethyl adjacent to an activating group) is 1. The van der Waals surface area contributed by atoms with Gasteiger partial charge in [-0.15, -0.1) is 0 Å². The van der Waals surface area contributed by atoms with Crippen molar-refractivity contribution >= 4 is 0 Å². The van der Waals surface area contributed by atoms with Crippen LogP contribution in [0, 0.1) is 5.92 Å². The maximum absolute atomic E-state index is 3.73. The van der Waals surface area contributed by atoms with E-state index in [1.807, 2.05) is 0 Å². The molecular formula is C12H25N3. The number of piperidine rings is 1. The van der Waals surface area contributed by atoms with Gasteiger partial charge in [-0.05, 0) is 58.9 Å². The summed E-state index contributed by atoms with van der Waals surface area (Å²) in [5, 5.41) is 3.73. The van der Waals surface area contributed by atoms with Crippen molar-refractivity contribution < 1.29 is 0 Å².